The summed E-state index contributed by atoms with van der Waals surface area (Å²) in [6.45, 7) is 8.32. The Labute approximate surface area is 294 Å². The number of anilines is 2. The van der Waals surface area contributed by atoms with Gasteiger partial charge in [0.2, 0.25) is 5.91 Å². The minimum atomic E-state index is -1.18. The number of fused-ring (bicyclic) bond motifs is 2. The van der Waals surface area contributed by atoms with Gasteiger partial charge >= 0.3 is 0 Å². The lowest BCUT2D eigenvalue weighted by atomic mass is 9.63. The molecule has 3 aliphatic rings. The Morgan fingerprint density at radius 1 is 1.04 bits per heavy atom. The van der Waals surface area contributed by atoms with Gasteiger partial charge in [0, 0.05) is 61.8 Å². The first-order chi connectivity index (χ1) is 24.2. The fourth-order valence-electron chi connectivity index (χ4n) is 8.72. The number of hydrogen-bond donors (Lipinski definition) is 1. The molecule has 0 bridgehead atoms. The molecule has 4 aromatic rings. The maximum absolute atomic E-state index is 15.1. The quantitative estimate of drug-likeness (QED) is 0.214. The number of carbonyl (C=O) groups excluding carboxylic acids is 2. The Bertz CT molecular complexity index is 1850. The molecule has 0 radical (unpaired) electrons. The van der Waals surface area contributed by atoms with E-state index in [1.807, 2.05) is 76.7 Å². The van der Waals surface area contributed by atoms with Crippen molar-refractivity contribution in [3.05, 3.63) is 101 Å². The van der Waals surface area contributed by atoms with Crippen molar-refractivity contribution >= 4 is 23.2 Å². The zero-order chi connectivity index (χ0) is 35.0. The number of carbonyl (C=O) groups is 2. The zero-order valence-electron chi connectivity index (χ0n) is 29.4. The average molecular weight is 678 g/mol. The zero-order valence-corrected chi connectivity index (χ0v) is 29.4. The highest BCUT2D eigenvalue weighted by atomic mass is 16.5. The average Bonchev–Trinajstić information content (AvgIpc) is 3.78. The van der Waals surface area contributed by atoms with Crippen molar-refractivity contribution in [3.8, 4) is 5.75 Å². The van der Waals surface area contributed by atoms with Crippen LogP contribution in [0.15, 0.2) is 79.0 Å². The van der Waals surface area contributed by atoms with Crippen LogP contribution in [0, 0.1) is 11.8 Å². The first kappa shape index (κ1) is 33.9. The lowest BCUT2D eigenvalue weighted by molar-refractivity contribution is -0.146. The van der Waals surface area contributed by atoms with Crippen LogP contribution in [0.4, 0.5) is 11.4 Å². The van der Waals surface area contributed by atoms with Crippen LogP contribution in [0.2, 0.25) is 0 Å². The van der Waals surface area contributed by atoms with Gasteiger partial charge in [0.1, 0.15) is 5.75 Å². The Kier molecular flexibility index (Phi) is 9.26. The van der Waals surface area contributed by atoms with E-state index in [1.54, 1.807) is 11.8 Å². The van der Waals surface area contributed by atoms with Gasteiger partial charge in [0.15, 0.2) is 5.60 Å². The molecule has 1 spiro atoms. The van der Waals surface area contributed by atoms with Crippen LogP contribution in [0.3, 0.4) is 0 Å². The number of methoxy groups -OCH3 is 1. The molecule has 0 aliphatic carbocycles. The van der Waals surface area contributed by atoms with E-state index >= 15 is 4.79 Å². The number of para-hydroxylation sites is 1. The van der Waals surface area contributed by atoms with Gasteiger partial charge in [-0.05, 0) is 66.1 Å². The predicted molar refractivity (Wildman–Crippen MR) is 191 cm³/mol. The molecule has 1 aromatic heterocycles. The molecule has 4 heterocycles. The fraction of sp³-hybridized carbons (Fsp3) is 0.450. The van der Waals surface area contributed by atoms with Crippen LogP contribution in [-0.2, 0) is 44.9 Å². The van der Waals surface area contributed by atoms with E-state index in [-0.39, 0.29) is 41.8 Å². The maximum atomic E-state index is 15.1. The van der Waals surface area contributed by atoms with Crippen molar-refractivity contribution in [3.63, 3.8) is 0 Å². The summed E-state index contributed by atoms with van der Waals surface area (Å²) in [7, 11) is 1.67. The van der Waals surface area contributed by atoms with Gasteiger partial charge in [0.05, 0.1) is 31.1 Å². The third-order valence-corrected chi connectivity index (χ3v) is 11.2. The Morgan fingerprint density at radius 2 is 1.84 bits per heavy atom. The molecular weight excluding hydrogens is 630 g/mol. The smallest absolute Gasteiger partial charge is 0.264 e. The summed E-state index contributed by atoms with van der Waals surface area (Å²) < 4.78 is 14.5. The number of aliphatic hydroxyl groups excluding tert-OH is 1. The number of benzene rings is 3. The maximum Gasteiger partial charge on any atom is 0.264 e. The highest BCUT2D eigenvalue weighted by Gasteiger charge is 2.65. The van der Waals surface area contributed by atoms with Crippen LogP contribution in [-0.4, -0.2) is 58.3 Å². The van der Waals surface area contributed by atoms with Gasteiger partial charge in [-0.1, -0.05) is 68.4 Å². The highest BCUT2D eigenvalue weighted by molar-refractivity contribution is 6.07. The molecule has 2 fully saturated rings. The lowest BCUT2D eigenvalue weighted by Gasteiger charge is -2.38. The fourth-order valence-corrected chi connectivity index (χ4v) is 8.72. The summed E-state index contributed by atoms with van der Waals surface area (Å²) >= 11 is 0. The van der Waals surface area contributed by atoms with E-state index in [2.05, 4.69) is 43.2 Å². The number of nitrogens with zero attached hydrogens (tertiary/aromatic N) is 5. The number of hydrogen-bond acceptors (Lipinski definition) is 7. The molecule has 10 heteroatoms. The Balaban J connectivity index is 1.24. The third-order valence-electron chi connectivity index (χ3n) is 11.2. The molecule has 2 amide bonds. The second-order valence-corrected chi connectivity index (χ2v) is 14.5. The second-order valence-electron chi connectivity index (χ2n) is 14.5. The summed E-state index contributed by atoms with van der Waals surface area (Å²) in [6, 6.07) is 24.3. The normalized spacial score (nSPS) is 23.6. The molecule has 3 aromatic carbocycles. The number of amides is 2. The van der Waals surface area contributed by atoms with Gasteiger partial charge in [0.25, 0.3) is 5.91 Å². The molecule has 2 saturated heterocycles. The number of piperidine rings is 1. The summed E-state index contributed by atoms with van der Waals surface area (Å²) in [5.41, 5.74) is 3.92. The van der Waals surface area contributed by atoms with Crippen LogP contribution in [0.1, 0.15) is 68.8 Å². The topological polar surface area (TPSA) is 110 Å². The summed E-state index contributed by atoms with van der Waals surface area (Å²) in [5.74, 6) is 0.662. The minimum absolute atomic E-state index is 0.0152. The number of aliphatic hydroxyl groups is 1. The monoisotopic (exact) mass is 677 g/mol. The van der Waals surface area contributed by atoms with Gasteiger partial charge in [-0.3, -0.25) is 14.3 Å². The van der Waals surface area contributed by atoms with Crippen LogP contribution in [0.25, 0.3) is 0 Å². The van der Waals surface area contributed by atoms with Crippen molar-refractivity contribution in [2.24, 2.45) is 11.8 Å². The van der Waals surface area contributed by atoms with Gasteiger partial charge in [-0.2, -0.15) is 0 Å². The van der Waals surface area contributed by atoms with E-state index in [1.165, 1.54) is 0 Å². The van der Waals surface area contributed by atoms with Crippen molar-refractivity contribution in [1.82, 2.24) is 15.0 Å². The number of ether oxygens (including phenoxy) is 2. The van der Waals surface area contributed by atoms with Crippen LogP contribution in [0.5, 0.6) is 5.75 Å². The van der Waals surface area contributed by atoms with Crippen molar-refractivity contribution in [2.75, 3.05) is 30.1 Å². The number of rotatable bonds is 11. The van der Waals surface area contributed by atoms with Crippen molar-refractivity contribution in [2.45, 2.75) is 83.1 Å². The van der Waals surface area contributed by atoms with E-state index < -0.39 is 5.60 Å². The second kappa shape index (κ2) is 13.6. The van der Waals surface area contributed by atoms with E-state index in [4.69, 9.17) is 9.47 Å². The first-order valence-electron chi connectivity index (χ1n) is 17.8. The lowest BCUT2D eigenvalue weighted by Crippen LogP contribution is -2.45. The summed E-state index contributed by atoms with van der Waals surface area (Å²) in [4.78, 5) is 31.6. The number of aromatic nitrogens is 3. The van der Waals surface area contributed by atoms with Gasteiger partial charge < -0.3 is 24.4 Å². The molecule has 7 rings (SSSR count). The molecule has 0 unspecified atom stereocenters. The largest absolute Gasteiger partial charge is 0.497 e. The molecule has 4 atom stereocenters. The molecule has 50 heavy (non-hydrogen) atoms. The van der Waals surface area contributed by atoms with E-state index in [0.717, 1.165) is 52.4 Å². The van der Waals surface area contributed by atoms with Crippen LogP contribution >= 0.6 is 0 Å². The molecule has 10 nitrogen and oxygen atoms in total. The van der Waals surface area contributed by atoms with Crippen LogP contribution < -0.4 is 14.5 Å². The molecular formula is C40H47N5O5. The Morgan fingerprint density at radius 3 is 2.60 bits per heavy atom. The van der Waals surface area contributed by atoms with Gasteiger partial charge in [-0.15, -0.1) is 5.10 Å². The SMILES string of the molecule is COc1ccc(C(C)(C)[C@H]2[C@H](CCn3cc(CCO)nn3)O[C@@]3(C(=O)N(Cc4cccc(N5CCCCC5=O)c4)c4ccccc43)[C@@H]2C)cc1. The van der Waals surface area contributed by atoms with E-state index in [0.29, 0.717) is 38.9 Å². The van der Waals surface area contributed by atoms with E-state index in [9.17, 15) is 9.90 Å². The standard InChI is InChI=1S/C40H47N5O5/c1-27-37(39(2,3)29-15-17-32(49-4)18-16-29)35(19-22-43-26-30(20-23-46)41-42-43)50-40(27)33-12-5-6-13-34(33)45(38(40)48)25-28-10-9-11-31(24-28)44-21-8-7-14-36(44)47/h5-6,9-13,15-18,24,26-27,35,37,46H,7-8,14,19-23,25H2,1-4H3/t27-,35+,37-,40+/m1/s1. The summed E-state index contributed by atoms with van der Waals surface area (Å²) in [6.07, 6.45) is 5.15. The number of aryl methyl sites for hydroxylation is 1. The van der Waals surface area contributed by atoms with Crippen molar-refractivity contribution < 1.29 is 24.2 Å². The minimum Gasteiger partial charge on any atom is -0.497 e. The predicted octanol–water partition coefficient (Wildman–Crippen LogP) is 5.80. The molecule has 1 N–H and O–H groups in total. The van der Waals surface area contributed by atoms with Gasteiger partial charge in [-0.25, -0.2) is 0 Å². The third kappa shape index (κ3) is 5.88. The Hall–Kier alpha value is -4.54. The molecule has 0 saturated carbocycles. The summed E-state index contributed by atoms with van der Waals surface area (Å²) in [5, 5.41) is 17.9. The molecule has 3 aliphatic heterocycles. The molecule has 262 valence electrons. The first-order valence-corrected chi connectivity index (χ1v) is 17.8. The van der Waals surface area contributed by atoms with Crippen molar-refractivity contribution in [1.29, 1.82) is 0 Å². The highest BCUT2D eigenvalue weighted by Crippen LogP contribution is 2.60.